The number of rotatable bonds is 6. The molecule has 4 aromatic rings. The number of aromatic nitrogens is 2. The summed E-state index contributed by atoms with van der Waals surface area (Å²) in [6.07, 6.45) is 3.78. The summed E-state index contributed by atoms with van der Waals surface area (Å²) in [4.78, 5) is 4.65. The Balaban J connectivity index is 1.69. The summed E-state index contributed by atoms with van der Waals surface area (Å²) in [5.74, 6) is -0.694. The van der Waals surface area contributed by atoms with E-state index >= 15 is 0 Å². The van der Waals surface area contributed by atoms with Crippen LogP contribution in [0.5, 0.6) is 5.75 Å². The molecule has 2 heterocycles. The second kappa shape index (κ2) is 7.79. The molecule has 0 amide bonds. The largest absolute Gasteiger partial charge is 0.495 e. The number of halogens is 1. The summed E-state index contributed by atoms with van der Waals surface area (Å²) >= 11 is 0. The lowest BCUT2D eigenvalue weighted by atomic mass is 10.1. The van der Waals surface area contributed by atoms with Gasteiger partial charge >= 0.3 is 0 Å². The van der Waals surface area contributed by atoms with Gasteiger partial charge in [-0.2, -0.15) is 0 Å². The number of pyridine rings is 1. The van der Waals surface area contributed by atoms with Crippen molar-refractivity contribution in [1.82, 2.24) is 9.38 Å². The fraction of sp³-hybridized carbons (Fsp3) is 0.136. The molecule has 2 aromatic carbocycles. The Morgan fingerprint density at radius 2 is 1.93 bits per heavy atom. The van der Waals surface area contributed by atoms with Crippen molar-refractivity contribution in [3.63, 3.8) is 0 Å². The first-order chi connectivity index (χ1) is 14.4. The smallest absolute Gasteiger partial charge is 0.237 e. The van der Waals surface area contributed by atoms with Crippen LogP contribution < -0.4 is 9.46 Å². The van der Waals surface area contributed by atoms with E-state index in [1.54, 1.807) is 18.2 Å². The molecule has 1 N–H and O–H groups in total. The summed E-state index contributed by atoms with van der Waals surface area (Å²) < 4.78 is 49.0. The van der Waals surface area contributed by atoms with E-state index in [2.05, 4.69) is 9.71 Å². The Hall–Kier alpha value is -3.39. The fourth-order valence-corrected chi connectivity index (χ4v) is 4.47. The number of methoxy groups -OCH3 is 1. The maximum Gasteiger partial charge on any atom is 0.237 e. The van der Waals surface area contributed by atoms with Gasteiger partial charge in [-0.15, -0.1) is 0 Å². The van der Waals surface area contributed by atoms with Crippen LogP contribution in [0.3, 0.4) is 0 Å². The number of hydrogen-bond acceptors (Lipinski definition) is 4. The van der Waals surface area contributed by atoms with Gasteiger partial charge in [0.05, 0.1) is 24.2 Å². The lowest BCUT2D eigenvalue weighted by molar-refractivity contribution is 0.417. The van der Waals surface area contributed by atoms with Crippen LogP contribution in [0.2, 0.25) is 0 Å². The third kappa shape index (κ3) is 3.99. The Morgan fingerprint density at radius 3 is 2.67 bits per heavy atom. The highest BCUT2D eigenvalue weighted by molar-refractivity contribution is 7.91. The van der Waals surface area contributed by atoms with E-state index < -0.39 is 21.6 Å². The Morgan fingerprint density at radius 1 is 1.13 bits per heavy atom. The molecular formula is C22H20FN3O3S. The third-order valence-electron chi connectivity index (χ3n) is 4.74. The normalized spacial score (nSPS) is 11.6. The predicted octanol–water partition coefficient (Wildman–Crippen LogP) is 4.40. The van der Waals surface area contributed by atoms with E-state index in [-0.39, 0.29) is 11.3 Å². The molecular weight excluding hydrogens is 405 g/mol. The van der Waals surface area contributed by atoms with Crippen molar-refractivity contribution in [3.8, 4) is 17.0 Å². The molecule has 0 aliphatic heterocycles. The average molecular weight is 425 g/mol. The van der Waals surface area contributed by atoms with E-state index in [4.69, 9.17) is 4.74 Å². The summed E-state index contributed by atoms with van der Waals surface area (Å²) in [5.41, 5.74) is 3.63. The fourth-order valence-electron chi connectivity index (χ4n) is 3.26. The monoisotopic (exact) mass is 425 g/mol. The van der Waals surface area contributed by atoms with Gasteiger partial charge in [0.1, 0.15) is 17.2 Å². The average Bonchev–Trinajstić information content (AvgIpc) is 3.15. The number of fused-ring (bicyclic) bond motifs is 1. The molecule has 0 fully saturated rings. The molecule has 2 aromatic heterocycles. The van der Waals surface area contributed by atoms with Crippen molar-refractivity contribution in [2.24, 2.45) is 0 Å². The zero-order valence-corrected chi connectivity index (χ0v) is 17.3. The standard InChI is InChI=1S/C22H20FN3O3S/c1-15-6-5-11-26-13-20(24-22(15)26)16-9-10-21(29-2)19(12-16)25-30(27,28)14-17-7-3-4-8-18(17)23/h3-13,25H,14H2,1-2H3. The summed E-state index contributed by atoms with van der Waals surface area (Å²) in [7, 11) is -2.41. The molecule has 0 spiro atoms. The molecule has 0 unspecified atom stereocenters. The van der Waals surface area contributed by atoms with Gasteiger partial charge in [0.15, 0.2) is 0 Å². The number of imidazole rings is 1. The van der Waals surface area contributed by atoms with Crippen molar-refractivity contribution >= 4 is 21.4 Å². The quantitative estimate of drug-likeness (QED) is 0.497. The minimum atomic E-state index is -3.87. The highest BCUT2D eigenvalue weighted by Crippen LogP contribution is 2.32. The van der Waals surface area contributed by atoms with E-state index in [0.29, 0.717) is 11.4 Å². The highest BCUT2D eigenvalue weighted by atomic mass is 32.2. The second-order valence-electron chi connectivity index (χ2n) is 6.92. The molecule has 6 nitrogen and oxygen atoms in total. The molecule has 0 saturated carbocycles. The number of hydrogen-bond donors (Lipinski definition) is 1. The first kappa shape index (κ1) is 19.9. The number of sulfonamides is 1. The molecule has 0 saturated heterocycles. The number of nitrogens with zero attached hydrogens (tertiary/aromatic N) is 2. The molecule has 0 aliphatic rings. The first-order valence-electron chi connectivity index (χ1n) is 9.23. The van der Waals surface area contributed by atoms with E-state index in [1.807, 2.05) is 41.9 Å². The van der Waals surface area contributed by atoms with Crippen LogP contribution in [0.4, 0.5) is 10.1 Å². The predicted molar refractivity (Wildman–Crippen MR) is 115 cm³/mol. The minimum Gasteiger partial charge on any atom is -0.495 e. The maximum absolute atomic E-state index is 13.9. The molecule has 0 bridgehead atoms. The van der Waals surface area contributed by atoms with Crippen molar-refractivity contribution in [3.05, 3.63) is 83.9 Å². The third-order valence-corrected chi connectivity index (χ3v) is 5.96. The van der Waals surface area contributed by atoms with Gasteiger partial charge in [-0.25, -0.2) is 17.8 Å². The number of ether oxygens (including phenoxy) is 1. The Labute approximate surface area is 174 Å². The summed E-state index contributed by atoms with van der Waals surface area (Å²) in [6.45, 7) is 1.97. The molecule has 154 valence electrons. The molecule has 30 heavy (non-hydrogen) atoms. The van der Waals surface area contributed by atoms with Crippen LogP contribution in [-0.4, -0.2) is 24.9 Å². The van der Waals surface area contributed by atoms with Crippen LogP contribution in [-0.2, 0) is 15.8 Å². The SMILES string of the molecule is COc1ccc(-c2cn3cccc(C)c3n2)cc1NS(=O)(=O)Cc1ccccc1F. The Bertz CT molecular complexity index is 1330. The van der Waals surface area contributed by atoms with Crippen molar-refractivity contribution < 1.29 is 17.5 Å². The maximum atomic E-state index is 13.9. The summed E-state index contributed by atoms with van der Waals surface area (Å²) in [5, 5.41) is 0. The molecule has 4 rings (SSSR count). The van der Waals surface area contributed by atoms with E-state index in [1.165, 1.54) is 25.3 Å². The number of anilines is 1. The molecule has 8 heteroatoms. The van der Waals surface area contributed by atoms with Crippen molar-refractivity contribution in [1.29, 1.82) is 0 Å². The van der Waals surface area contributed by atoms with E-state index in [9.17, 15) is 12.8 Å². The van der Waals surface area contributed by atoms with Crippen LogP contribution in [0.15, 0.2) is 67.0 Å². The van der Waals surface area contributed by atoms with Gasteiger partial charge in [-0.3, -0.25) is 4.72 Å². The lowest BCUT2D eigenvalue weighted by Crippen LogP contribution is -2.16. The molecule has 0 aliphatic carbocycles. The highest BCUT2D eigenvalue weighted by Gasteiger charge is 2.18. The van der Waals surface area contributed by atoms with Crippen LogP contribution in [0, 0.1) is 12.7 Å². The Kier molecular flexibility index (Phi) is 5.17. The van der Waals surface area contributed by atoms with Gasteiger partial charge in [-0.1, -0.05) is 24.3 Å². The van der Waals surface area contributed by atoms with Crippen LogP contribution in [0.25, 0.3) is 16.9 Å². The van der Waals surface area contributed by atoms with E-state index in [0.717, 1.165) is 16.8 Å². The number of nitrogens with one attached hydrogen (secondary N) is 1. The first-order valence-corrected chi connectivity index (χ1v) is 10.9. The van der Waals surface area contributed by atoms with Gasteiger partial charge in [-0.05, 0) is 42.8 Å². The van der Waals surface area contributed by atoms with Crippen molar-refractivity contribution in [2.75, 3.05) is 11.8 Å². The zero-order chi connectivity index (χ0) is 21.3. The summed E-state index contributed by atoms with van der Waals surface area (Å²) in [6, 6.07) is 14.8. The molecule has 0 atom stereocenters. The van der Waals surface area contributed by atoms with Gasteiger partial charge in [0.25, 0.3) is 0 Å². The van der Waals surface area contributed by atoms with Crippen molar-refractivity contribution in [2.45, 2.75) is 12.7 Å². The second-order valence-corrected chi connectivity index (χ2v) is 8.64. The minimum absolute atomic E-state index is 0.0935. The zero-order valence-electron chi connectivity index (χ0n) is 16.5. The van der Waals surface area contributed by atoms with Gasteiger partial charge < -0.3 is 9.14 Å². The number of aryl methyl sites for hydroxylation is 1. The molecule has 0 radical (unpaired) electrons. The number of benzene rings is 2. The van der Waals surface area contributed by atoms with Gasteiger partial charge in [0.2, 0.25) is 10.0 Å². The van der Waals surface area contributed by atoms with Crippen LogP contribution >= 0.6 is 0 Å². The van der Waals surface area contributed by atoms with Gasteiger partial charge in [0, 0.05) is 23.5 Å². The topological polar surface area (TPSA) is 72.7 Å². The van der Waals surface area contributed by atoms with Crippen LogP contribution in [0.1, 0.15) is 11.1 Å². The lowest BCUT2D eigenvalue weighted by Gasteiger charge is -2.13.